The van der Waals surface area contributed by atoms with E-state index in [-0.39, 0.29) is 17.2 Å². The summed E-state index contributed by atoms with van der Waals surface area (Å²) in [6, 6.07) is 7.02. The maximum absolute atomic E-state index is 13.1. The van der Waals surface area contributed by atoms with Crippen molar-refractivity contribution in [3.8, 4) is 0 Å². The molecule has 8 heteroatoms. The number of carbonyl (C=O) groups is 1. The van der Waals surface area contributed by atoms with Crippen molar-refractivity contribution < 1.29 is 17.9 Å². The summed E-state index contributed by atoms with van der Waals surface area (Å²) in [5.74, 6) is 0.876. The van der Waals surface area contributed by atoms with Crippen LogP contribution < -0.4 is 0 Å². The molecule has 0 atom stereocenters. The summed E-state index contributed by atoms with van der Waals surface area (Å²) in [5, 5.41) is 0.522. The van der Waals surface area contributed by atoms with E-state index in [1.165, 1.54) is 4.31 Å². The van der Waals surface area contributed by atoms with Crippen molar-refractivity contribution in [1.82, 2.24) is 9.29 Å². The lowest BCUT2D eigenvalue weighted by molar-refractivity contribution is 0.0516. The standard InChI is InChI=1S/C15H18N2O4S2/c1-2-21-15(18)13-14(11-5-3-4-6-12(11)16-13)23(19,20)17-7-9-22-10-8-17/h3-6,16H,2,7-10H2,1H3. The number of aromatic nitrogens is 1. The van der Waals surface area contributed by atoms with Crippen LogP contribution in [0, 0.1) is 0 Å². The number of hydrogen-bond acceptors (Lipinski definition) is 5. The third kappa shape index (κ3) is 2.98. The summed E-state index contributed by atoms with van der Waals surface area (Å²) in [4.78, 5) is 15.2. The molecule has 1 aliphatic rings. The highest BCUT2D eigenvalue weighted by molar-refractivity contribution is 7.99. The Labute approximate surface area is 139 Å². The van der Waals surface area contributed by atoms with Gasteiger partial charge in [-0.3, -0.25) is 0 Å². The van der Waals surface area contributed by atoms with Gasteiger partial charge in [-0.25, -0.2) is 13.2 Å². The number of thioether (sulfide) groups is 1. The molecule has 1 fully saturated rings. The van der Waals surface area contributed by atoms with Gasteiger partial charge in [-0.05, 0) is 13.0 Å². The molecule has 1 aliphatic heterocycles. The largest absolute Gasteiger partial charge is 0.461 e. The van der Waals surface area contributed by atoms with E-state index in [0.29, 0.717) is 24.0 Å². The molecule has 2 aromatic rings. The second kappa shape index (κ2) is 6.54. The zero-order valence-electron chi connectivity index (χ0n) is 12.7. The van der Waals surface area contributed by atoms with E-state index in [2.05, 4.69) is 4.98 Å². The molecule has 0 aliphatic carbocycles. The highest BCUT2D eigenvalue weighted by Gasteiger charge is 2.34. The number of rotatable bonds is 4. The molecule has 1 aromatic heterocycles. The first-order chi connectivity index (χ1) is 11.1. The summed E-state index contributed by atoms with van der Waals surface area (Å²) in [5.41, 5.74) is 0.617. The van der Waals surface area contributed by atoms with Gasteiger partial charge in [0.05, 0.1) is 6.61 Å². The van der Waals surface area contributed by atoms with E-state index in [1.807, 2.05) is 0 Å². The first kappa shape index (κ1) is 16.4. The zero-order chi connectivity index (χ0) is 16.4. The maximum atomic E-state index is 13.1. The van der Waals surface area contributed by atoms with E-state index in [4.69, 9.17) is 4.74 Å². The molecule has 0 radical (unpaired) electrons. The van der Waals surface area contributed by atoms with E-state index >= 15 is 0 Å². The van der Waals surface area contributed by atoms with Gasteiger partial charge in [0.15, 0.2) is 0 Å². The Bertz CT molecular complexity index is 823. The van der Waals surface area contributed by atoms with Crippen LogP contribution in [0.3, 0.4) is 0 Å². The molecule has 1 saturated heterocycles. The quantitative estimate of drug-likeness (QED) is 0.851. The van der Waals surface area contributed by atoms with Crippen molar-refractivity contribution in [3.05, 3.63) is 30.0 Å². The highest BCUT2D eigenvalue weighted by atomic mass is 32.2. The Morgan fingerprint density at radius 2 is 2.00 bits per heavy atom. The predicted octanol–water partition coefficient (Wildman–Crippen LogP) is 2.08. The molecular weight excluding hydrogens is 336 g/mol. The SMILES string of the molecule is CCOC(=O)c1[nH]c2ccccc2c1S(=O)(=O)N1CCSCC1. The van der Waals surface area contributed by atoms with Gasteiger partial charge in [0.1, 0.15) is 10.6 Å². The van der Waals surface area contributed by atoms with Crippen molar-refractivity contribution in [2.24, 2.45) is 0 Å². The molecule has 23 heavy (non-hydrogen) atoms. The number of aromatic amines is 1. The molecule has 2 heterocycles. The van der Waals surface area contributed by atoms with Crippen molar-refractivity contribution >= 4 is 38.7 Å². The van der Waals surface area contributed by atoms with Crippen LogP contribution in [-0.2, 0) is 14.8 Å². The smallest absolute Gasteiger partial charge is 0.356 e. The van der Waals surface area contributed by atoms with Crippen molar-refractivity contribution in [2.75, 3.05) is 31.2 Å². The normalized spacial score (nSPS) is 16.6. The minimum atomic E-state index is -3.75. The molecule has 3 rings (SSSR count). The molecule has 0 bridgehead atoms. The molecule has 0 amide bonds. The van der Waals surface area contributed by atoms with Crippen LogP contribution in [0.2, 0.25) is 0 Å². The first-order valence-electron chi connectivity index (χ1n) is 7.41. The summed E-state index contributed by atoms with van der Waals surface area (Å²) in [7, 11) is -3.75. The van der Waals surface area contributed by atoms with E-state index < -0.39 is 16.0 Å². The lowest BCUT2D eigenvalue weighted by atomic mass is 10.2. The fraction of sp³-hybridized carbons (Fsp3) is 0.400. The summed E-state index contributed by atoms with van der Waals surface area (Å²) in [6.07, 6.45) is 0. The summed E-state index contributed by atoms with van der Waals surface area (Å²) < 4.78 is 32.6. The minimum Gasteiger partial charge on any atom is -0.461 e. The van der Waals surface area contributed by atoms with Crippen LogP contribution >= 0.6 is 11.8 Å². The van der Waals surface area contributed by atoms with Gasteiger partial charge >= 0.3 is 5.97 Å². The van der Waals surface area contributed by atoms with Gasteiger partial charge < -0.3 is 9.72 Å². The zero-order valence-corrected chi connectivity index (χ0v) is 14.4. The molecule has 6 nitrogen and oxygen atoms in total. The van der Waals surface area contributed by atoms with Crippen LogP contribution in [0.1, 0.15) is 17.4 Å². The van der Waals surface area contributed by atoms with Crippen LogP contribution in [0.25, 0.3) is 10.9 Å². The number of fused-ring (bicyclic) bond motifs is 1. The second-order valence-corrected chi connectivity index (χ2v) is 8.21. The number of ether oxygens (including phenoxy) is 1. The summed E-state index contributed by atoms with van der Waals surface area (Å²) in [6.45, 7) is 2.79. The number of carbonyl (C=O) groups excluding carboxylic acids is 1. The Balaban J connectivity index is 2.17. The van der Waals surface area contributed by atoms with Crippen LogP contribution in [0.15, 0.2) is 29.2 Å². The lowest BCUT2D eigenvalue weighted by Gasteiger charge is -2.25. The third-order valence-electron chi connectivity index (χ3n) is 3.71. The number of esters is 1. The van der Waals surface area contributed by atoms with E-state index in [0.717, 1.165) is 11.5 Å². The molecular formula is C15H18N2O4S2. The van der Waals surface area contributed by atoms with E-state index in [9.17, 15) is 13.2 Å². The Kier molecular flexibility index (Phi) is 4.65. The highest BCUT2D eigenvalue weighted by Crippen LogP contribution is 2.31. The number of sulfonamides is 1. The summed E-state index contributed by atoms with van der Waals surface area (Å²) >= 11 is 1.73. The lowest BCUT2D eigenvalue weighted by Crippen LogP contribution is -2.38. The topological polar surface area (TPSA) is 79.5 Å². The minimum absolute atomic E-state index is 0.00581. The monoisotopic (exact) mass is 354 g/mol. The number of nitrogens with zero attached hydrogens (tertiary/aromatic N) is 1. The number of nitrogens with one attached hydrogen (secondary N) is 1. The molecule has 1 N–H and O–H groups in total. The van der Waals surface area contributed by atoms with Gasteiger partial charge in [0, 0.05) is 35.5 Å². The molecule has 124 valence electrons. The van der Waals surface area contributed by atoms with Crippen LogP contribution in [0.5, 0.6) is 0 Å². The average molecular weight is 354 g/mol. The molecule has 1 aromatic carbocycles. The number of para-hydroxylation sites is 1. The molecule has 0 spiro atoms. The van der Waals surface area contributed by atoms with Gasteiger partial charge in [0.25, 0.3) is 0 Å². The maximum Gasteiger partial charge on any atom is 0.356 e. The predicted molar refractivity (Wildman–Crippen MR) is 90.3 cm³/mol. The van der Waals surface area contributed by atoms with Gasteiger partial charge in [-0.1, -0.05) is 18.2 Å². The van der Waals surface area contributed by atoms with E-state index in [1.54, 1.807) is 43.0 Å². The third-order valence-corrected chi connectivity index (χ3v) is 6.63. The van der Waals surface area contributed by atoms with Gasteiger partial charge in [0.2, 0.25) is 10.0 Å². The Morgan fingerprint density at radius 1 is 1.30 bits per heavy atom. The number of benzene rings is 1. The van der Waals surface area contributed by atoms with Crippen LogP contribution in [0.4, 0.5) is 0 Å². The first-order valence-corrected chi connectivity index (χ1v) is 10.0. The number of hydrogen-bond donors (Lipinski definition) is 1. The molecule has 0 unspecified atom stereocenters. The molecule has 0 saturated carbocycles. The fourth-order valence-electron chi connectivity index (χ4n) is 2.65. The Morgan fingerprint density at radius 3 is 2.70 bits per heavy atom. The van der Waals surface area contributed by atoms with Crippen molar-refractivity contribution in [3.63, 3.8) is 0 Å². The van der Waals surface area contributed by atoms with Crippen molar-refractivity contribution in [1.29, 1.82) is 0 Å². The van der Waals surface area contributed by atoms with Crippen molar-refractivity contribution in [2.45, 2.75) is 11.8 Å². The van der Waals surface area contributed by atoms with Crippen LogP contribution in [-0.4, -0.2) is 54.9 Å². The number of H-pyrrole nitrogens is 1. The van der Waals surface area contributed by atoms with Gasteiger partial charge in [-0.15, -0.1) is 0 Å². The second-order valence-electron chi connectivity index (χ2n) is 5.11. The fourth-order valence-corrected chi connectivity index (χ4v) is 5.55. The van der Waals surface area contributed by atoms with Gasteiger partial charge in [-0.2, -0.15) is 16.1 Å². The Hall–Kier alpha value is -1.51. The average Bonchev–Trinajstić information content (AvgIpc) is 2.96.